The molecule has 0 spiro atoms. The second-order valence-electron chi connectivity index (χ2n) is 11.8. The lowest BCUT2D eigenvalue weighted by Crippen LogP contribution is -2.43. The van der Waals surface area contributed by atoms with Crippen molar-refractivity contribution in [2.24, 2.45) is 5.92 Å². The number of benzene rings is 2. The van der Waals surface area contributed by atoms with Crippen LogP contribution in [0.5, 0.6) is 5.75 Å². The van der Waals surface area contributed by atoms with E-state index in [4.69, 9.17) is 26.1 Å². The molecule has 2 atom stereocenters. The zero-order valence-electron chi connectivity index (χ0n) is 22.1. The van der Waals surface area contributed by atoms with Gasteiger partial charge in [0, 0.05) is 21.6 Å². The number of fused-ring (bicyclic) bond motifs is 3. The van der Waals surface area contributed by atoms with E-state index >= 15 is 0 Å². The molecular formula is C30H34ClN3O3S. The topological polar surface area (TPSA) is 76.2 Å². The van der Waals surface area contributed by atoms with Crippen LogP contribution in [-0.4, -0.2) is 32.8 Å². The lowest BCUT2D eigenvalue weighted by Gasteiger charge is -2.34. The summed E-state index contributed by atoms with van der Waals surface area (Å²) in [5.74, 6) is 3.39. The number of halogens is 1. The number of carbonyl (C=O) groups excluding carboxylic acids is 1. The van der Waals surface area contributed by atoms with Gasteiger partial charge >= 0.3 is 6.09 Å². The molecule has 3 aliphatic rings. The Kier molecular flexibility index (Phi) is 6.63. The minimum atomic E-state index is -0.500. The Morgan fingerprint density at radius 1 is 1.24 bits per heavy atom. The van der Waals surface area contributed by atoms with E-state index in [1.54, 1.807) is 0 Å². The van der Waals surface area contributed by atoms with Gasteiger partial charge in [-0.3, -0.25) is 0 Å². The van der Waals surface area contributed by atoms with Gasteiger partial charge in [0.25, 0.3) is 0 Å². The van der Waals surface area contributed by atoms with Crippen molar-refractivity contribution in [3.05, 3.63) is 59.0 Å². The van der Waals surface area contributed by atoms with Gasteiger partial charge in [-0.25, -0.2) is 9.78 Å². The van der Waals surface area contributed by atoms with Crippen molar-refractivity contribution in [1.82, 2.24) is 15.3 Å². The van der Waals surface area contributed by atoms with Crippen LogP contribution in [-0.2, 0) is 16.8 Å². The monoisotopic (exact) mass is 551 g/mol. The Labute approximate surface area is 233 Å². The highest BCUT2D eigenvalue weighted by molar-refractivity contribution is 7.99. The zero-order valence-corrected chi connectivity index (χ0v) is 23.7. The number of nitrogens with zero attached hydrogens (tertiary/aromatic N) is 1. The summed E-state index contributed by atoms with van der Waals surface area (Å²) in [6, 6.07) is 12.3. The molecule has 1 amide bonds. The van der Waals surface area contributed by atoms with E-state index < -0.39 is 5.60 Å². The molecule has 2 fully saturated rings. The molecule has 1 unspecified atom stereocenters. The summed E-state index contributed by atoms with van der Waals surface area (Å²) in [6.07, 6.45) is 7.15. The fourth-order valence-corrected chi connectivity index (χ4v) is 7.16. The molecule has 200 valence electrons. The predicted molar refractivity (Wildman–Crippen MR) is 153 cm³/mol. The van der Waals surface area contributed by atoms with Gasteiger partial charge in [-0.15, -0.1) is 11.8 Å². The predicted octanol–water partition coefficient (Wildman–Crippen LogP) is 7.71. The maximum Gasteiger partial charge on any atom is 0.408 e. The van der Waals surface area contributed by atoms with Crippen molar-refractivity contribution >= 4 is 29.5 Å². The number of amides is 1. The van der Waals surface area contributed by atoms with E-state index in [-0.39, 0.29) is 16.9 Å². The summed E-state index contributed by atoms with van der Waals surface area (Å²) in [7, 11) is 0. The molecule has 8 heteroatoms. The SMILES string of the molecule is CC(C)(C)OC(=O)NC1SCCC[C@H]1CC1(c2ncc(-c3ccc4c(c3)OCc3cc(Cl)ccc3-4)[nH]2)CC1. The molecule has 38 heavy (non-hydrogen) atoms. The molecule has 6 rings (SSSR count). The van der Waals surface area contributed by atoms with E-state index in [9.17, 15) is 4.79 Å². The lowest BCUT2D eigenvalue weighted by atomic mass is 9.87. The average Bonchev–Trinajstić information content (AvgIpc) is 3.47. The Hall–Kier alpha value is -2.64. The van der Waals surface area contributed by atoms with Crippen molar-refractivity contribution in [2.75, 3.05) is 5.75 Å². The molecule has 1 saturated carbocycles. The van der Waals surface area contributed by atoms with Crippen molar-refractivity contribution in [2.45, 2.75) is 75.9 Å². The molecule has 2 aliphatic heterocycles. The maximum absolute atomic E-state index is 12.5. The molecular weight excluding hydrogens is 518 g/mol. The second kappa shape index (κ2) is 9.83. The first-order valence-corrected chi connectivity index (χ1v) is 14.8. The van der Waals surface area contributed by atoms with Crippen LogP contribution in [0.15, 0.2) is 42.6 Å². The van der Waals surface area contributed by atoms with Gasteiger partial charge in [-0.2, -0.15) is 0 Å². The van der Waals surface area contributed by atoms with Gasteiger partial charge < -0.3 is 19.8 Å². The lowest BCUT2D eigenvalue weighted by molar-refractivity contribution is 0.0505. The number of ether oxygens (including phenoxy) is 2. The number of aromatic amines is 1. The summed E-state index contributed by atoms with van der Waals surface area (Å²) in [5, 5.41) is 3.94. The molecule has 3 heterocycles. The fourth-order valence-electron chi connectivity index (χ4n) is 5.70. The standard InChI is InChI=1S/C30H34ClN3O3S/c1-29(2,3)37-28(35)34-26-19(5-4-12-38-26)15-30(10-11-30)27-32-16-24(33-27)18-6-8-23-22-9-7-21(31)13-20(22)17-36-25(23)14-18/h6-9,13-14,16,19,26H,4-5,10-12,15,17H2,1-3H3,(H,32,33)(H,34,35)/t19-,26?/m0/s1. The van der Waals surface area contributed by atoms with Crippen LogP contribution in [0.4, 0.5) is 4.79 Å². The van der Waals surface area contributed by atoms with Gasteiger partial charge in [0.2, 0.25) is 0 Å². The van der Waals surface area contributed by atoms with Gasteiger partial charge in [0.05, 0.1) is 17.3 Å². The molecule has 1 saturated heterocycles. The summed E-state index contributed by atoms with van der Waals surface area (Å²) in [4.78, 5) is 21.0. The highest BCUT2D eigenvalue weighted by atomic mass is 35.5. The number of carbonyl (C=O) groups is 1. The van der Waals surface area contributed by atoms with Crippen LogP contribution >= 0.6 is 23.4 Å². The third-order valence-corrected chi connectivity index (χ3v) is 9.34. The Balaban J connectivity index is 1.18. The number of H-pyrrole nitrogens is 1. The van der Waals surface area contributed by atoms with Gasteiger partial charge in [0.1, 0.15) is 23.8 Å². The first-order valence-electron chi connectivity index (χ1n) is 13.4. The van der Waals surface area contributed by atoms with E-state index in [2.05, 4.69) is 34.6 Å². The Morgan fingerprint density at radius 2 is 2.05 bits per heavy atom. The smallest absolute Gasteiger partial charge is 0.408 e. The van der Waals surface area contributed by atoms with E-state index in [0.29, 0.717) is 12.5 Å². The van der Waals surface area contributed by atoms with E-state index in [1.807, 2.05) is 50.9 Å². The van der Waals surface area contributed by atoms with Crippen LogP contribution in [0.2, 0.25) is 5.02 Å². The van der Waals surface area contributed by atoms with Crippen LogP contribution in [0.1, 0.15) is 64.3 Å². The number of nitrogens with one attached hydrogen (secondary N) is 2. The number of thioether (sulfide) groups is 1. The van der Waals surface area contributed by atoms with Crippen LogP contribution in [0.25, 0.3) is 22.4 Å². The quantitative estimate of drug-likeness (QED) is 0.339. The molecule has 2 N–H and O–H groups in total. The number of alkyl carbamates (subject to hydrolysis) is 1. The van der Waals surface area contributed by atoms with E-state index in [1.165, 1.54) is 12.0 Å². The van der Waals surface area contributed by atoms with Crippen molar-refractivity contribution in [1.29, 1.82) is 0 Å². The summed E-state index contributed by atoms with van der Waals surface area (Å²) >= 11 is 8.01. The number of imidazole rings is 1. The Bertz CT molecular complexity index is 1360. The third-order valence-electron chi connectivity index (χ3n) is 7.72. The first kappa shape index (κ1) is 25.6. The number of aromatic nitrogens is 2. The maximum atomic E-state index is 12.5. The summed E-state index contributed by atoms with van der Waals surface area (Å²) < 4.78 is 11.6. The van der Waals surface area contributed by atoms with Crippen molar-refractivity contribution in [3.63, 3.8) is 0 Å². The molecule has 1 aliphatic carbocycles. The number of hydrogen-bond acceptors (Lipinski definition) is 5. The zero-order chi connectivity index (χ0) is 26.5. The molecule has 6 nitrogen and oxygen atoms in total. The largest absolute Gasteiger partial charge is 0.488 e. The fraction of sp³-hybridized carbons (Fsp3) is 0.467. The van der Waals surface area contributed by atoms with E-state index in [0.717, 1.165) is 70.4 Å². The molecule has 0 bridgehead atoms. The van der Waals surface area contributed by atoms with Crippen molar-refractivity contribution < 1.29 is 14.3 Å². The average molecular weight is 552 g/mol. The van der Waals surface area contributed by atoms with Crippen LogP contribution in [0.3, 0.4) is 0 Å². The Morgan fingerprint density at radius 3 is 2.84 bits per heavy atom. The summed E-state index contributed by atoms with van der Waals surface area (Å²) in [6.45, 7) is 6.21. The highest BCUT2D eigenvalue weighted by Crippen LogP contribution is 2.54. The number of hydrogen-bond donors (Lipinski definition) is 2. The highest BCUT2D eigenvalue weighted by Gasteiger charge is 2.49. The molecule has 2 aromatic carbocycles. The molecule has 0 radical (unpaired) electrons. The van der Waals surface area contributed by atoms with Gasteiger partial charge in [-0.05, 0) is 99.9 Å². The van der Waals surface area contributed by atoms with Crippen molar-refractivity contribution in [3.8, 4) is 28.1 Å². The third kappa shape index (κ3) is 5.28. The molecule has 1 aromatic heterocycles. The summed E-state index contributed by atoms with van der Waals surface area (Å²) in [5.41, 5.74) is 4.98. The minimum Gasteiger partial charge on any atom is -0.488 e. The molecule has 3 aromatic rings. The number of rotatable bonds is 5. The van der Waals surface area contributed by atoms with Gasteiger partial charge in [0.15, 0.2) is 0 Å². The second-order valence-corrected chi connectivity index (χ2v) is 13.5. The van der Waals surface area contributed by atoms with Gasteiger partial charge in [-0.1, -0.05) is 23.7 Å². The van der Waals surface area contributed by atoms with Crippen LogP contribution in [0, 0.1) is 5.92 Å². The van der Waals surface area contributed by atoms with Crippen LogP contribution < -0.4 is 10.1 Å². The first-order chi connectivity index (χ1) is 18.2. The normalized spacial score (nSPS) is 21.6. The minimum absolute atomic E-state index is 0.0532.